The molecule has 30 heavy (non-hydrogen) atoms. The summed E-state index contributed by atoms with van der Waals surface area (Å²) in [5.74, 6) is 0.408. The zero-order valence-corrected chi connectivity index (χ0v) is 17.2. The van der Waals surface area contributed by atoms with Crippen LogP contribution in [0.5, 0.6) is 0 Å². The average molecular weight is 422 g/mol. The van der Waals surface area contributed by atoms with Crippen LogP contribution in [0, 0.1) is 12.7 Å². The minimum Gasteiger partial charge on any atom is -0.369 e. The molecule has 0 radical (unpaired) electrons. The van der Waals surface area contributed by atoms with Gasteiger partial charge in [-0.1, -0.05) is 23.7 Å². The molecule has 0 spiro atoms. The molecule has 4 aromatic rings. The Bertz CT molecular complexity index is 1230. The lowest BCUT2D eigenvalue weighted by atomic mass is 10.00. The van der Waals surface area contributed by atoms with Gasteiger partial charge in [0.25, 0.3) is 0 Å². The highest BCUT2D eigenvalue weighted by Gasteiger charge is 2.26. The number of rotatable bonds is 3. The highest BCUT2D eigenvalue weighted by molar-refractivity contribution is 6.35. The molecule has 1 atom stereocenters. The van der Waals surface area contributed by atoms with Gasteiger partial charge in [0.1, 0.15) is 17.2 Å². The van der Waals surface area contributed by atoms with Crippen molar-refractivity contribution in [1.29, 1.82) is 0 Å². The highest BCUT2D eigenvalue weighted by atomic mass is 35.5. The molecule has 0 aliphatic carbocycles. The fourth-order valence-electron chi connectivity index (χ4n) is 4.19. The number of nitrogens with zero attached hydrogens (tertiary/aromatic N) is 3. The van der Waals surface area contributed by atoms with Crippen molar-refractivity contribution in [3.05, 3.63) is 65.2 Å². The maximum Gasteiger partial charge on any atom is 0.142 e. The molecule has 7 heteroatoms. The summed E-state index contributed by atoms with van der Waals surface area (Å²) < 4.78 is 14.2. The molecule has 0 saturated carbocycles. The number of halogens is 2. The second-order valence-electron chi connectivity index (χ2n) is 7.82. The Morgan fingerprint density at radius 1 is 1.20 bits per heavy atom. The van der Waals surface area contributed by atoms with Crippen molar-refractivity contribution < 1.29 is 4.39 Å². The lowest BCUT2D eigenvalue weighted by Crippen LogP contribution is -2.27. The van der Waals surface area contributed by atoms with Gasteiger partial charge < -0.3 is 15.6 Å². The van der Waals surface area contributed by atoms with Gasteiger partial charge in [-0.25, -0.2) is 9.37 Å². The van der Waals surface area contributed by atoms with Crippen LogP contribution in [0.1, 0.15) is 12.0 Å². The number of nitrogens with two attached hydrogens (primary N) is 1. The summed E-state index contributed by atoms with van der Waals surface area (Å²) in [7, 11) is 0. The molecule has 2 aromatic heterocycles. The van der Waals surface area contributed by atoms with Crippen LogP contribution in [-0.4, -0.2) is 34.1 Å². The topological polar surface area (TPSA) is 70.8 Å². The Morgan fingerprint density at radius 3 is 2.77 bits per heavy atom. The van der Waals surface area contributed by atoms with Crippen LogP contribution >= 0.6 is 11.6 Å². The maximum absolute atomic E-state index is 14.2. The van der Waals surface area contributed by atoms with Crippen molar-refractivity contribution >= 4 is 28.3 Å². The van der Waals surface area contributed by atoms with E-state index in [1.807, 2.05) is 31.2 Å². The van der Waals surface area contributed by atoms with Gasteiger partial charge in [-0.3, -0.25) is 4.98 Å². The van der Waals surface area contributed by atoms with Gasteiger partial charge in [-0.05, 0) is 48.7 Å². The van der Waals surface area contributed by atoms with Crippen LogP contribution < -0.4 is 10.6 Å². The molecule has 1 fully saturated rings. The Labute approximate surface area is 178 Å². The zero-order valence-electron chi connectivity index (χ0n) is 16.5. The number of benzene rings is 2. The van der Waals surface area contributed by atoms with Crippen LogP contribution in [0.4, 0.5) is 10.1 Å². The SMILES string of the molecule is Cc1cc(F)cc(-c2cncc(-c3nc4c(Cl)cccc4[nH]3)c2N2CC[C@H](N)C2)c1. The fourth-order valence-corrected chi connectivity index (χ4v) is 4.40. The molecule has 3 heterocycles. The zero-order chi connectivity index (χ0) is 20.8. The van der Waals surface area contributed by atoms with Gasteiger partial charge in [0.05, 0.1) is 21.8 Å². The number of imidazole rings is 1. The number of H-pyrrole nitrogens is 1. The summed E-state index contributed by atoms with van der Waals surface area (Å²) in [6.45, 7) is 3.43. The molecule has 0 amide bonds. The number of aromatic nitrogens is 3. The molecule has 1 aliphatic rings. The van der Waals surface area contributed by atoms with Gasteiger partial charge in [0, 0.05) is 37.1 Å². The Balaban J connectivity index is 1.75. The van der Waals surface area contributed by atoms with Crippen molar-refractivity contribution in [1.82, 2.24) is 15.0 Å². The second kappa shape index (κ2) is 7.38. The summed E-state index contributed by atoms with van der Waals surface area (Å²) in [4.78, 5) is 14.8. The third-order valence-corrected chi connectivity index (χ3v) is 5.84. The number of pyridine rings is 1. The third-order valence-electron chi connectivity index (χ3n) is 5.53. The molecule has 3 N–H and O–H groups in total. The van der Waals surface area contributed by atoms with Gasteiger partial charge in [0.2, 0.25) is 0 Å². The first-order valence-corrected chi connectivity index (χ1v) is 10.3. The largest absolute Gasteiger partial charge is 0.369 e. The first-order chi connectivity index (χ1) is 14.5. The number of aryl methyl sites for hydroxylation is 1. The van der Waals surface area contributed by atoms with Gasteiger partial charge in [-0.2, -0.15) is 0 Å². The minimum absolute atomic E-state index is 0.0956. The second-order valence-corrected chi connectivity index (χ2v) is 8.22. The number of hydrogen-bond acceptors (Lipinski definition) is 4. The van der Waals surface area contributed by atoms with E-state index in [1.165, 1.54) is 6.07 Å². The van der Waals surface area contributed by atoms with E-state index in [2.05, 4.69) is 14.9 Å². The molecular weight excluding hydrogens is 401 g/mol. The van der Waals surface area contributed by atoms with Crippen molar-refractivity contribution in [3.63, 3.8) is 0 Å². The summed E-state index contributed by atoms with van der Waals surface area (Å²) in [5, 5.41) is 0.588. The van der Waals surface area contributed by atoms with Crippen LogP contribution in [0.2, 0.25) is 5.02 Å². The fraction of sp³-hybridized carbons (Fsp3) is 0.217. The number of hydrogen-bond donors (Lipinski definition) is 2. The number of para-hydroxylation sites is 1. The maximum atomic E-state index is 14.2. The van der Waals surface area contributed by atoms with Crippen molar-refractivity contribution in [2.45, 2.75) is 19.4 Å². The number of fused-ring (bicyclic) bond motifs is 1. The molecule has 0 bridgehead atoms. The monoisotopic (exact) mass is 421 g/mol. The number of anilines is 1. The van der Waals surface area contributed by atoms with Crippen LogP contribution in [0.25, 0.3) is 33.5 Å². The lowest BCUT2D eigenvalue weighted by molar-refractivity contribution is 0.627. The van der Waals surface area contributed by atoms with Gasteiger partial charge in [0.15, 0.2) is 0 Å². The number of nitrogens with one attached hydrogen (secondary N) is 1. The quantitative estimate of drug-likeness (QED) is 0.492. The van der Waals surface area contributed by atoms with Crippen molar-refractivity contribution in [2.75, 3.05) is 18.0 Å². The Kier molecular flexibility index (Phi) is 4.68. The molecule has 1 saturated heterocycles. The molecule has 152 valence electrons. The molecule has 2 aromatic carbocycles. The standard InChI is InChI=1S/C23H21ClFN5/c1-13-7-14(9-15(25)8-13)17-10-27-11-18(22(17)30-6-5-16(26)12-30)23-28-20-4-2-3-19(24)21(20)29-23/h2-4,7-11,16H,5-6,12,26H2,1H3,(H,28,29)/t16-/m0/s1. The average Bonchev–Trinajstić information content (AvgIpc) is 3.34. The molecule has 1 aliphatic heterocycles. The molecule has 5 nitrogen and oxygen atoms in total. The van der Waals surface area contributed by atoms with Crippen molar-refractivity contribution in [3.8, 4) is 22.5 Å². The lowest BCUT2D eigenvalue weighted by Gasteiger charge is -2.24. The molecule has 5 rings (SSSR count). The minimum atomic E-state index is -0.269. The smallest absolute Gasteiger partial charge is 0.142 e. The van der Waals surface area contributed by atoms with E-state index in [0.29, 0.717) is 16.4 Å². The van der Waals surface area contributed by atoms with Crippen molar-refractivity contribution in [2.24, 2.45) is 5.73 Å². The van der Waals surface area contributed by atoms with E-state index >= 15 is 0 Å². The van der Waals surface area contributed by atoms with E-state index < -0.39 is 0 Å². The first kappa shape index (κ1) is 19.0. The van der Waals surface area contributed by atoms with E-state index in [1.54, 1.807) is 18.5 Å². The predicted octanol–water partition coefficient (Wildman–Crippen LogP) is 4.93. The van der Waals surface area contributed by atoms with Crippen LogP contribution in [0.3, 0.4) is 0 Å². The predicted molar refractivity (Wildman–Crippen MR) is 119 cm³/mol. The summed E-state index contributed by atoms with van der Waals surface area (Å²) in [6, 6.07) is 10.8. The summed E-state index contributed by atoms with van der Waals surface area (Å²) >= 11 is 6.34. The van der Waals surface area contributed by atoms with E-state index in [4.69, 9.17) is 22.3 Å². The first-order valence-electron chi connectivity index (χ1n) is 9.90. The summed E-state index contributed by atoms with van der Waals surface area (Å²) in [6.07, 6.45) is 4.47. The van der Waals surface area contributed by atoms with E-state index in [9.17, 15) is 4.39 Å². The molecular formula is C23H21ClFN5. The van der Waals surface area contributed by atoms with Crippen LogP contribution in [0.15, 0.2) is 48.8 Å². The Hall–Kier alpha value is -2.96. The summed E-state index contributed by atoms with van der Waals surface area (Å²) in [5.41, 5.74) is 12.1. The van der Waals surface area contributed by atoms with Gasteiger partial charge >= 0.3 is 0 Å². The highest BCUT2D eigenvalue weighted by Crippen LogP contribution is 2.40. The number of aromatic amines is 1. The molecule has 0 unspecified atom stereocenters. The van der Waals surface area contributed by atoms with E-state index in [0.717, 1.165) is 53.0 Å². The third kappa shape index (κ3) is 3.32. The normalized spacial score (nSPS) is 16.5. The van der Waals surface area contributed by atoms with Crippen LogP contribution in [-0.2, 0) is 0 Å². The van der Waals surface area contributed by atoms with E-state index in [-0.39, 0.29) is 11.9 Å². The van der Waals surface area contributed by atoms with Gasteiger partial charge in [-0.15, -0.1) is 0 Å². The Morgan fingerprint density at radius 2 is 2.03 bits per heavy atom.